The van der Waals surface area contributed by atoms with Crippen molar-refractivity contribution in [3.05, 3.63) is 47.2 Å². The van der Waals surface area contributed by atoms with Crippen molar-refractivity contribution in [2.45, 2.75) is 45.8 Å². The summed E-state index contributed by atoms with van der Waals surface area (Å²) in [6, 6.07) is 5.84. The number of carbonyl (C=O) groups excluding carboxylic acids is 1. The molecule has 1 aliphatic rings. The Hall–Kier alpha value is -1.87. The number of hydrogen-bond donors (Lipinski definition) is 1. The maximum absolute atomic E-state index is 12.2. The number of hydrogen-bond acceptors (Lipinski definition) is 2. The number of aromatic nitrogens is 1. The summed E-state index contributed by atoms with van der Waals surface area (Å²) in [6.07, 6.45) is 4.86. The van der Waals surface area contributed by atoms with Crippen LogP contribution in [0, 0.1) is 0 Å². The van der Waals surface area contributed by atoms with Crippen LogP contribution in [0.5, 0.6) is 0 Å². The van der Waals surface area contributed by atoms with E-state index in [1.54, 1.807) is 6.08 Å². The van der Waals surface area contributed by atoms with Crippen LogP contribution in [-0.4, -0.2) is 22.5 Å². The highest BCUT2D eigenvalue weighted by molar-refractivity contribution is 6.07. The van der Waals surface area contributed by atoms with Crippen LogP contribution in [-0.2, 0) is 11.2 Å². The Kier molecular flexibility index (Phi) is 3.25. The van der Waals surface area contributed by atoms with Crippen molar-refractivity contribution in [1.29, 1.82) is 0 Å². The van der Waals surface area contributed by atoms with E-state index in [-0.39, 0.29) is 17.5 Å². The van der Waals surface area contributed by atoms with Crippen molar-refractivity contribution in [2.75, 3.05) is 0 Å². The van der Waals surface area contributed by atoms with Crippen LogP contribution >= 0.6 is 0 Å². The average molecular weight is 283 g/mol. The maximum Gasteiger partial charge on any atom is 0.185 e. The predicted octanol–water partition coefficient (Wildman–Crippen LogP) is 4.04. The number of nitrogens with one attached hydrogen (secondary N) is 1. The van der Waals surface area contributed by atoms with E-state index in [4.69, 9.17) is 4.74 Å². The van der Waals surface area contributed by atoms with Crippen LogP contribution in [0.1, 0.15) is 43.6 Å². The molecule has 0 radical (unpaired) electrons. The summed E-state index contributed by atoms with van der Waals surface area (Å²) in [5, 5.41) is 1.12. The van der Waals surface area contributed by atoms with E-state index in [1.807, 2.05) is 38.2 Å². The van der Waals surface area contributed by atoms with E-state index >= 15 is 0 Å². The van der Waals surface area contributed by atoms with Crippen LogP contribution in [0.15, 0.2) is 36.0 Å². The Balaban J connectivity index is 1.93. The van der Waals surface area contributed by atoms with Gasteiger partial charge >= 0.3 is 0 Å². The van der Waals surface area contributed by atoms with Gasteiger partial charge in [-0.3, -0.25) is 4.79 Å². The molecule has 1 aromatic heterocycles. The molecule has 2 heterocycles. The van der Waals surface area contributed by atoms with Crippen LogP contribution in [0.3, 0.4) is 0 Å². The number of H-pyrrole nitrogens is 1. The van der Waals surface area contributed by atoms with Gasteiger partial charge < -0.3 is 9.72 Å². The first kappa shape index (κ1) is 14.1. The number of epoxide rings is 1. The lowest BCUT2D eigenvalue weighted by Crippen LogP contribution is -2.05. The van der Waals surface area contributed by atoms with E-state index in [9.17, 15) is 4.79 Å². The number of rotatable bonds is 4. The molecule has 1 N–H and O–H groups in total. The van der Waals surface area contributed by atoms with Crippen molar-refractivity contribution in [2.24, 2.45) is 0 Å². The third-order valence-corrected chi connectivity index (χ3v) is 4.04. The maximum atomic E-state index is 12.2. The fraction of sp³-hybridized carbons (Fsp3) is 0.389. The van der Waals surface area contributed by atoms with Gasteiger partial charge in [-0.05, 0) is 57.5 Å². The van der Waals surface area contributed by atoms with E-state index in [2.05, 4.69) is 18.8 Å². The zero-order chi connectivity index (χ0) is 15.2. The molecule has 1 aliphatic heterocycles. The molecule has 2 aromatic rings. The Bertz CT molecular complexity index is 733. The van der Waals surface area contributed by atoms with Gasteiger partial charge in [0.2, 0.25) is 0 Å². The van der Waals surface area contributed by atoms with E-state index < -0.39 is 0 Å². The highest BCUT2D eigenvalue weighted by Crippen LogP contribution is 2.38. The number of benzene rings is 1. The lowest BCUT2D eigenvalue weighted by Gasteiger charge is -2.01. The van der Waals surface area contributed by atoms with Gasteiger partial charge in [-0.2, -0.15) is 0 Å². The predicted molar refractivity (Wildman–Crippen MR) is 84.7 cm³/mol. The number of carbonyl (C=O) groups is 1. The highest BCUT2D eigenvalue weighted by Gasteiger charge is 2.47. The summed E-state index contributed by atoms with van der Waals surface area (Å²) in [6.45, 7) is 8.09. The quantitative estimate of drug-likeness (QED) is 0.523. The number of allylic oxidation sites excluding steroid dienone is 2. The van der Waals surface area contributed by atoms with Gasteiger partial charge in [-0.25, -0.2) is 0 Å². The number of fused-ring (bicyclic) bond motifs is 1. The number of ketones is 1. The smallest absolute Gasteiger partial charge is 0.185 e. The number of ether oxygens (including phenoxy) is 1. The molecule has 0 aliphatic carbocycles. The van der Waals surface area contributed by atoms with Gasteiger partial charge in [-0.1, -0.05) is 5.57 Å². The molecule has 0 amide bonds. The summed E-state index contributed by atoms with van der Waals surface area (Å²) in [4.78, 5) is 15.4. The van der Waals surface area contributed by atoms with Gasteiger partial charge in [0.15, 0.2) is 5.78 Å². The summed E-state index contributed by atoms with van der Waals surface area (Å²) in [5.41, 5.74) is 4.02. The number of aromatic amines is 1. The molecule has 0 spiro atoms. The Labute approximate surface area is 125 Å². The Morgan fingerprint density at radius 1 is 1.38 bits per heavy atom. The molecule has 1 aromatic carbocycles. The van der Waals surface area contributed by atoms with Crippen molar-refractivity contribution in [3.8, 4) is 0 Å². The minimum absolute atomic E-state index is 0.0148. The molecular weight excluding hydrogens is 262 g/mol. The first-order valence-electron chi connectivity index (χ1n) is 7.34. The van der Waals surface area contributed by atoms with E-state index in [0.717, 1.165) is 28.5 Å². The van der Waals surface area contributed by atoms with E-state index in [1.165, 1.54) is 5.56 Å². The molecule has 0 saturated carbocycles. The molecule has 3 nitrogen and oxygen atoms in total. The Morgan fingerprint density at radius 2 is 2.10 bits per heavy atom. The second-order valence-electron chi connectivity index (χ2n) is 6.57. The topological polar surface area (TPSA) is 45.4 Å². The largest absolute Gasteiger partial charge is 0.366 e. The van der Waals surface area contributed by atoms with Crippen LogP contribution in [0.4, 0.5) is 0 Å². The first-order valence-corrected chi connectivity index (χ1v) is 7.34. The molecular formula is C18H21NO2. The van der Waals surface area contributed by atoms with Crippen molar-refractivity contribution in [1.82, 2.24) is 4.98 Å². The van der Waals surface area contributed by atoms with Crippen LogP contribution < -0.4 is 0 Å². The van der Waals surface area contributed by atoms with Gasteiger partial charge in [0.1, 0.15) is 0 Å². The standard InChI is InChI=1S/C18H21NO2/c1-11(2)7-16(20)12-5-6-15-14(8-12)13(10-19-15)9-17-18(3,4)21-17/h5-8,10,17,19H,9H2,1-4H3. The first-order chi connectivity index (χ1) is 9.87. The second kappa shape index (κ2) is 4.85. The molecule has 1 fully saturated rings. The van der Waals surface area contributed by atoms with Gasteiger partial charge in [0, 0.05) is 29.1 Å². The zero-order valence-electron chi connectivity index (χ0n) is 13.0. The Morgan fingerprint density at radius 3 is 2.71 bits per heavy atom. The van der Waals surface area contributed by atoms with Crippen molar-refractivity contribution in [3.63, 3.8) is 0 Å². The van der Waals surface area contributed by atoms with Crippen molar-refractivity contribution >= 4 is 16.7 Å². The summed E-state index contributed by atoms with van der Waals surface area (Å²) in [5.74, 6) is 0.0621. The third kappa shape index (κ3) is 2.79. The minimum atomic E-state index is -0.0148. The molecule has 3 heteroatoms. The second-order valence-corrected chi connectivity index (χ2v) is 6.57. The highest BCUT2D eigenvalue weighted by atomic mass is 16.6. The lowest BCUT2D eigenvalue weighted by atomic mass is 10.00. The van der Waals surface area contributed by atoms with Gasteiger partial charge in [-0.15, -0.1) is 0 Å². The monoisotopic (exact) mass is 283 g/mol. The van der Waals surface area contributed by atoms with Crippen molar-refractivity contribution < 1.29 is 9.53 Å². The molecule has 1 unspecified atom stereocenters. The normalized spacial score (nSPS) is 19.5. The summed E-state index contributed by atoms with van der Waals surface area (Å²) < 4.78 is 5.67. The van der Waals surface area contributed by atoms with Gasteiger partial charge in [0.05, 0.1) is 11.7 Å². The third-order valence-electron chi connectivity index (χ3n) is 4.04. The molecule has 3 rings (SSSR count). The van der Waals surface area contributed by atoms with Crippen LogP contribution in [0.25, 0.3) is 10.9 Å². The summed E-state index contributed by atoms with van der Waals surface area (Å²) in [7, 11) is 0. The average Bonchev–Trinajstić information content (AvgIpc) is 2.82. The molecule has 1 saturated heterocycles. The SMILES string of the molecule is CC(C)=CC(=O)c1ccc2[nH]cc(CC3OC3(C)C)c2c1. The molecule has 1 atom stereocenters. The zero-order valence-corrected chi connectivity index (χ0v) is 13.0. The van der Waals surface area contributed by atoms with E-state index in [0.29, 0.717) is 0 Å². The summed E-state index contributed by atoms with van der Waals surface area (Å²) >= 11 is 0. The van der Waals surface area contributed by atoms with Crippen LogP contribution in [0.2, 0.25) is 0 Å². The lowest BCUT2D eigenvalue weighted by molar-refractivity contribution is 0.104. The fourth-order valence-electron chi connectivity index (χ4n) is 2.67. The van der Waals surface area contributed by atoms with Gasteiger partial charge in [0.25, 0.3) is 0 Å². The molecule has 110 valence electrons. The fourth-order valence-corrected chi connectivity index (χ4v) is 2.67. The molecule has 21 heavy (non-hydrogen) atoms. The molecule has 0 bridgehead atoms. The minimum Gasteiger partial charge on any atom is -0.366 e.